The highest BCUT2D eigenvalue weighted by Crippen LogP contribution is 2.60. The third-order valence-corrected chi connectivity index (χ3v) is 5.39. The highest BCUT2D eigenvalue weighted by Gasteiger charge is 2.76. The maximum Gasteiger partial charge on any atom is 0.407 e. The number of halogens is 2. The molecule has 2 aromatic rings. The van der Waals surface area contributed by atoms with Gasteiger partial charge in [0.1, 0.15) is 6.61 Å². The highest BCUT2D eigenvalue weighted by molar-refractivity contribution is 5.82. The molecule has 0 aliphatic heterocycles. The molecule has 5 nitrogen and oxygen atoms in total. The average Bonchev–Trinajstić information content (AvgIpc) is 3.09. The fraction of sp³-hybridized carbons (Fsp3) is 0.300. The molecular formula is C20H17F2NO4. The first kappa shape index (κ1) is 17.5. The van der Waals surface area contributed by atoms with Crippen LogP contribution in [0.15, 0.2) is 48.5 Å². The van der Waals surface area contributed by atoms with E-state index in [0.29, 0.717) is 0 Å². The summed E-state index contributed by atoms with van der Waals surface area (Å²) in [6.45, 7) is -0.623. The summed E-state index contributed by atoms with van der Waals surface area (Å²) in [4.78, 5) is 23.0. The maximum absolute atomic E-state index is 13.3. The Labute approximate surface area is 154 Å². The lowest BCUT2D eigenvalue weighted by molar-refractivity contribution is -0.147. The van der Waals surface area contributed by atoms with E-state index in [1.807, 2.05) is 48.5 Å². The molecule has 2 aliphatic rings. The van der Waals surface area contributed by atoms with Crippen LogP contribution in [0.1, 0.15) is 23.5 Å². The number of alkyl halides is 2. The van der Waals surface area contributed by atoms with Crippen molar-refractivity contribution in [2.45, 2.75) is 18.3 Å². The second-order valence-electron chi connectivity index (χ2n) is 6.95. The van der Waals surface area contributed by atoms with Gasteiger partial charge in [-0.3, -0.25) is 4.79 Å². The second-order valence-corrected chi connectivity index (χ2v) is 6.95. The van der Waals surface area contributed by atoms with Gasteiger partial charge in [0.25, 0.3) is 5.92 Å². The van der Waals surface area contributed by atoms with Gasteiger partial charge in [-0.15, -0.1) is 0 Å². The van der Waals surface area contributed by atoms with Gasteiger partial charge in [-0.1, -0.05) is 48.5 Å². The minimum atomic E-state index is -3.31. The number of amides is 1. The van der Waals surface area contributed by atoms with Gasteiger partial charge in [0.05, 0.1) is 0 Å². The van der Waals surface area contributed by atoms with E-state index in [4.69, 9.17) is 9.84 Å². The summed E-state index contributed by atoms with van der Waals surface area (Å²) >= 11 is 0. The zero-order chi connectivity index (χ0) is 19.2. The van der Waals surface area contributed by atoms with Gasteiger partial charge in [-0.2, -0.15) is 0 Å². The summed E-state index contributed by atoms with van der Waals surface area (Å²) in [5.41, 5.74) is 1.98. The first-order valence-electron chi connectivity index (χ1n) is 8.56. The van der Waals surface area contributed by atoms with Gasteiger partial charge in [0.2, 0.25) is 0 Å². The molecular weight excluding hydrogens is 356 g/mol. The van der Waals surface area contributed by atoms with Crippen molar-refractivity contribution in [2.24, 2.45) is 5.41 Å². The Morgan fingerprint density at radius 2 is 1.59 bits per heavy atom. The number of carboxylic acids is 1. The first-order valence-corrected chi connectivity index (χ1v) is 8.56. The van der Waals surface area contributed by atoms with Crippen LogP contribution in [-0.2, 0) is 9.53 Å². The van der Waals surface area contributed by atoms with Gasteiger partial charge in [0, 0.05) is 18.9 Å². The van der Waals surface area contributed by atoms with Crippen molar-refractivity contribution in [1.82, 2.24) is 5.32 Å². The quantitative estimate of drug-likeness (QED) is 0.839. The lowest BCUT2D eigenvalue weighted by Gasteiger charge is -2.16. The molecule has 4 rings (SSSR count). The third-order valence-electron chi connectivity index (χ3n) is 5.39. The van der Waals surface area contributed by atoms with Crippen LogP contribution in [0.4, 0.5) is 13.6 Å². The van der Waals surface area contributed by atoms with Crippen LogP contribution >= 0.6 is 0 Å². The van der Waals surface area contributed by atoms with E-state index in [1.54, 1.807) is 0 Å². The topological polar surface area (TPSA) is 75.6 Å². The van der Waals surface area contributed by atoms with Crippen LogP contribution in [0.3, 0.4) is 0 Å². The molecule has 0 aromatic heterocycles. The highest BCUT2D eigenvalue weighted by atomic mass is 19.3. The van der Waals surface area contributed by atoms with Crippen LogP contribution in [0.5, 0.6) is 0 Å². The van der Waals surface area contributed by atoms with Crippen LogP contribution in [0.25, 0.3) is 11.1 Å². The number of ether oxygens (including phenoxy) is 1. The minimum Gasteiger partial charge on any atom is -0.481 e. The van der Waals surface area contributed by atoms with Crippen molar-refractivity contribution >= 4 is 12.1 Å². The normalized spacial score (nSPS) is 21.9. The number of nitrogens with one attached hydrogen (secondary N) is 1. The van der Waals surface area contributed by atoms with Crippen LogP contribution in [-0.4, -0.2) is 36.2 Å². The molecule has 2 N–H and O–H groups in total. The zero-order valence-corrected chi connectivity index (χ0v) is 14.2. The summed E-state index contributed by atoms with van der Waals surface area (Å²) in [6, 6.07) is 15.6. The Morgan fingerprint density at radius 1 is 1.07 bits per heavy atom. The van der Waals surface area contributed by atoms with E-state index >= 15 is 0 Å². The molecule has 140 valence electrons. The molecule has 1 fully saturated rings. The number of alkyl carbamates (subject to hydrolysis) is 1. The SMILES string of the molecule is O=C(NCC1(C(=O)O)CC1(F)F)OCC1c2ccccc2-c2ccccc21. The Bertz CT molecular complexity index is 884. The lowest BCUT2D eigenvalue weighted by atomic mass is 9.98. The summed E-state index contributed by atoms with van der Waals surface area (Å²) < 4.78 is 31.9. The van der Waals surface area contributed by atoms with Crippen molar-refractivity contribution in [3.8, 4) is 11.1 Å². The molecule has 2 aromatic carbocycles. The van der Waals surface area contributed by atoms with Crippen molar-refractivity contribution in [2.75, 3.05) is 13.2 Å². The number of carbonyl (C=O) groups excluding carboxylic acids is 1. The van der Waals surface area contributed by atoms with E-state index in [2.05, 4.69) is 5.32 Å². The summed E-state index contributed by atoms with van der Waals surface area (Å²) in [6.07, 6.45) is -1.68. The van der Waals surface area contributed by atoms with Crippen molar-refractivity contribution in [1.29, 1.82) is 0 Å². The Hall–Kier alpha value is -2.96. The number of carboxylic acid groups (broad SMARTS) is 1. The number of carbonyl (C=O) groups is 2. The standard InChI is InChI=1S/C20H17F2NO4/c21-20(22)10-19(20,17(24)25)11-23-18(26)27-9-16-14-7-3-1-5-12(14)13-6-2-4-8-15(13)16/h1-8,16H,9-11H2,(H,23,26)(H,24,25). The maximum atomic E-state index is 13.3. The molecule has 0 spiro atoms. The monoisotopic (exact) mass is 373 g/mol. The summed E-state index contributed by atoms with van der Waals surface area (Å²) in [5.74, 6) is -5.08. The Kier molecular flexibility index (Phi) is 3.91. The number of hydrogen-bond donors (Lipinski definition) is 2. The molecule has 1 saturated carbocycles. The molecule has 0 heterocycles. The van der Waals surface area contributed by atoms with Crippen LogP contribution < -0.4 is 5.32 Å². The molecule has 0 bridgehead atoms. The van der Waals surface area contributed by atoms with Crippen LogP contribution in [0.2, 0.25) is 0 Å². The van der Waals surface area contributed by atoms with E-state index in [-0.39, 0.29) is 12.5 Å². The fourth-order valence-corrected chi connectivity index (χ4v) is 3.71. The van der Waals surface area contributed by atoms with Gasteiger partial charge in [0.15, 0.2) is 5.41 Å². The van der Waals surface area contributed by atoms with Crippen LogP contribution in [0, 0.1) is 5.41 Å². The summed E-state index contributed by atoms with van der Waals surface area (Å²) in [7, 11) is 0. The number of aliphatic carboxylic acids is 1. The average molecular weight is 373 g/mol. The molecule has 1 unspecified atom stereocenters. The number of hydrogen-bond acceptors (Lipinski definition) is 3. The lowest BCUT2D eigenvalue weighted by Crippen LogP contribution is -2.38. The number of fused-ring (bicyclic) bond motifs is 3. The van der Waals surface area contributed by atoms with Crippen molar-refractivity contribution in [3.05, 3.63) is 59.7 Å². The molecule has 0 saturated heterocycles. The predicted octanol–water partition coefficient (Wildman–Crippen LogP) is 3.64. The Morgan fingerprint density at radius 3 is 2.07 bits per heavy atom. The fourth-order valence-electron chi connectivity index (χ4n) is 3.71. The second kappa shape index (κ2) is 6.04. The molecule has 0 radical (unpaired) electrons. The van der Waals surface area contributed by atoms with E-state index < -0.39 is 36.4 Å². The molecule has 1 amide bonds. The predicted molar refractivity (Wildman–Crippen MR) is 92.7 cm³/mol. The molecule has 27 heavy (non-hydrogen) atoms. The largest absolute Gasteiger partial charge is 0.481 e. The van der Waals surface area contributed by atoms with Gasteiger partial charge >= 0.3 is 12.1 Å². The van der Waals surface area contributed by atoms with Crippen molar-refractivity contribution in [3.63, 3.8) is 0 Å². The molecule has 7 heteroatoms. The van der Waals surface area contributed by atoms with Crippen molar-refractivity contribution < 1.29 is 28.2 Å². The molecule has 2 aliphatic carbocycles. The van der Waals surface area contributed by atoms with E-state index in [0.717, 1.165) is 22.3 Å². The third kappa shape index (κ3) is 2.74. The number of benzene rings is 2. The Balaban J connectivity index is 1.42. The van der Waals surface area contributed by atoms with Gasteiger partial charge in [-0.05, 0) is 22.3 Å². The van der Waals surface area contributed by atoms with E-state index in [1.165, 1.54) is 0 Å². The number of rotatable bonds is 5. The molecule has 1 atom stereocenters. The van der Waals surface area contributed by atoms with Gasteiger partial charge in [-0.25, -0.2) is 13.6 Å². The minimum absolute atomic E-state index is 0.0380. The van der Waals surface area contributed by atoms with Gasteiger partial charge < -0.3 is 15.2 Å². The smallest absolute Gasteiger partial charge is 0.407 e. The first-order chi connectivity index (χ1) is 12.9. The summed E-state index contributed by atoms with van der Waals surface area (Å²) in [5, 5.41) is 11.2. The van der Waals surface area contributed by atoms with E-state index in [9.17, 15) is 18.4 Å². The zero-order valence-electron chi connectivity index (χ0n) is 14.2.